The van der Waals surface area contributed by atoms with Crippen LogP contribution in [-0.2, 0) is 16.6 Å². The summed E-state index contributed by atoms with van der Waals surface area (Å²) in [6, 6.07) is 12.2. The Bertz CT molecular complexity index is 1300. The summed E-state index contributed by atoms with van der Waals surface area (Å²) >= 11 is 0. The van der Waals surface area contributed by atoms with Crippen LogP contribution in [0.5, 0.6) is 0 Å². The van der Waals surface area contributed by atoms with Gasteiger partial charge >= 0.3 is 0 Å². The maximum absolute atomic E-state index is 15.0. The Balaban J connectivity index is 1.90. The molecule has 0 unspecified atom stereocenters. The number of aromatic nitrogens is 1. The van der Waals surface area contributed by atoms with E-state index in [1.165, 1.54) is 24.3 Å². The first-order valence-electron chi connectivity index (χ1n) is 10.1. The number of nitrogens with zero attached hydrogens (tertiary/aromatic N) is 3. The largest absolute Gasteiger partial charge is 0.299 e. The topological polar surface area (TPSA) is 83.2 Å². The number of hydrogen-bond acceptors (Lipinski definition) is 5. The van der Waals surface area contributed by atoms with Gasteiger partial charge in [-0.15, -0.1) is 0 Å². The summed E-state index contributed by atoms with van der Waals surface area (Å²) in [6.45, 7) is 4.05. The van der Waals surface area contributed by atoms with Crippen LogP contribution in [0.25, 0.3) is 10.9 Å². The van der Waals surface area contributed by atoms with Gasteiger partial charge in [-0.05, 0) is 63.2 Å². The highest BCUT2D eigenvalue weighted by Gasteiger charge is 2.27. The van der Waals surface area contributed by atoms with E-state index in [-0.39, 0.29) is 16.1 Å². The van der Waals surface area contributed by atoms with E-state index in [2.05, 4.69) is 4.90 Å². The van der Waals surface area contributed by atoms with Crippen molar-refractivity contribution >= 4 is 26.7 Å². The number of nitriles is 1. The summed E-state index contributed by atoms with van der Waals surface area (Å²) in [5.74, 6) is -1.15. The van der Waals surface area contributed by atoms with Crippen molar-refractivity contribution in [1.29, 1.82) is 5.26 Å². The molecule has 0 spiro atoms. The molecule has 2 heterocycles. The Morgan fingerprint density at radius 3 is 2.45 bits per heavy atom. The standard InChI is InChI=1S/C23H22FN3O3S/c1-16-4-6-19(7-5-16)31(29,30)27-21-14-20(24)18(15-26-10-2-3-11-26)12-17(21)13-22(27)23(28)8-9-25/h4-7,12-14H,2-3,8,10-11,15H2,1H3. The van der Waals surface area contributed by atoms with Gasteiger partial charge in [0.25, 0.3) is 10.0 Å². The molecule has 0 bridgehead atoms. The molecule has 0 aliphatic carbocycles. The number of fused-ring (bicyclic) bond motifs is 1. The van der Waals surface area contributed by atoms with E-state index < -0.39 is 28.0 Å². The molecule has 1 aromatic heterocycles. The van der Waals surface area contributed by atoms with E-state index in [1.807, 2.05) is 6.92 Å². The second-order valence-electron chi connectivity index (χ2n) is 7.86. The predicted octanol–water partition coefficient (Wildman–Crippen LogP) is 4.02. The number of Topliss-reactive ketones (excluding diaryl/α,β-unsaturated/α-hetero) is 1. The van der Waals surface area contributed by atoms with Crippen LogP contribution >= 0.6 is 0 Å². The lowest BCUT2D eigenvalue weighted by Crippen LogP contribution is -2.19. The van der Waals surface area contributed by atoms with Crippen molar-refractivity contribution in [2.45, 2.75) is 37.6 Å². The van der Waals surface area contributed by atoms with Crippen LogP contribution in [-0.4, -0.2) is 36.2 Å². The molecule has 3 aromatic rings. The molecule has 4 rings (SSSR count). The molecule has 6 nitrogen and oxygen atoms in total. The maximum Gasteiger partial charge on any atom is 0.268 e. The highest BCUT2D eigenvalue weighted by molar-refractivity contribution is 7.90. The average Bonchev–Trinajstić information content (AvgIpc) is 3.36. The first kappa shape index (κ1) is 21.2. The summed E-state index contributed by atoms with van der Waals surface area (Å²) < 4.78 is 42.7. The number of hydrogen-bond donors (Lipinski definition) is 0. The molecule has 160 valence electrons. The van der Waals surface area contributed by atoms with Crippen LogP contribution in [0.2, 0.25) is 0 Å². The van der Waals surface area contributed by atoms with Crippen LogP contribution in [0.15, 0.2) is 47.4 Å². The van der Waals surface area contributed by atoms with Crippen LogP contribution in [0, 0.1) is 24.1 Å². The molecule has 0 radical (unpaired) electrons. The normalized spacial score (nSPS) is 14.7. The van der Waals surface area contributed by atoms with Crippen molar-refractivity contribution in [1.82, 2.24) is 8.87 Å². The molecular formula is C23H22FN3O3S. The van der Waals surface area contributed by atoms with E-state index >= 15 is 0 Å². The average molecular weight is 440 g/mol. The molecule has 8 heteroatoms. The zero-order chi connectivity index (χ0) is 22.2. The molecular weight excluding hydrogens is 417 g/mol. The Labute approximate surface area is 180 Å². The quantitative estimate of drug-likeness (QED) is 0.542. The summed E-state index contributed by atoms with van der Waals surface area (Å²) in [4.78, 5) is 14.7. The third-order valence-corrected chi connectivity index (χ3v) is 7.34. The van der Waals surface area contributed by atoms with Gasteiger partial charge in [-0.2, -0.15) is 5.26 Å². The van der Waals surface area contributed by atoms with E-state index in [0.29, 0.717) is 17.5 Å². The molecule has 2 aromatic carbocycles. The highest BCUT2D eigenvalue weighted by Crippen LogP contribution is 2.30. The fraction of sp³-hybridized carbons (Fsp3) is 0.304. The first-order valence-corrected chi connectivity index (χ1v) is 11.5. The number of carbonyl (C=O) groups excluding carboxylic acids is 1. The molecule has 1 saturated heterocycles. The molecule has 0 amide bonds. The van der Waals surface area contributed by atoms with Crippen molar-refractivity contribution < 1.29 is 17.6 Å². The summed E-state index contributed by atoms with van der Waals surface area (Å²) in [6.07, 6.45) is 1.67. The van der Waals surface area contributed by atoms with Crippen LogP contribution in [0.3, 0.4) is 0 Å². The molecule has 1 aliphatic rings. The Kier molecular flexibility index (Phi) is 5.65. The number of halogens is 1. The maximum atomic E-state index is 15.0. The second kappa shape index (κ2) is 8.25. The smallest absolute Gasteiger partial charge is 0.268 e. The minimum absolute atomic E-state index is 0.0110. The van der Waals surface area contributed by atoms with Gasteiger partial charge in [0.15, 0.2) is 5.78 Å². The van der Waals surface area contributed by atoms with Gasteiger partial charge in [0.2, 0.25) is 0 Å². The molecule has 0 saturated carbocycles. The van der Waals surface area contributed by atoms with Crippen LogP contribution < -0.4 is 0 Å². The molecule has 1 aliphatic heterocycles. The summed E-state index contributed by atoms with van der Waals surface area (Å²) in [5.41, 5.74) is 1.28. The predicted molar refractivity (Wildman–Crippen MR) is 115 cm³/mol. The Hall–Kier alpha value is -3.02. The lowest BCUT2D eigenvalue weighted by Gasteiger charge is -2.16. The van der Waals surface area contributed by atoms with Crippen LogP contribution in [0.1, 0.15) is 40.9 Å². The van der Waals surface area contributed by atoms with Crippen molar-refractivity contribution in [3.63, 3.8) is 0 Å². The van der Waals surface area contributed by atoms with Crippen molar-refractivity contribution in [3.8, 4) is 6.07 Å². The van der Waals surface area contributed by atoms with E-state index in [4.69, 9.17) is 5.26 Å². The minimum atomic E-state index is -4.18. The number of carbonyl (C=O) groups is 1. The summed E-state index contributed by atoms with van der Waals surface area (Å²) in [7, 11) is -4.18. The molecule has 31 heavy (non-hydrogen) atoms. The number of aryl methyl sites for hydroxylation is 1. The number of benzene rings is 2. The van der Waals surface area contributed by atoms with Crippen LogP contribution in [0.4, 0.5) is 4.39 Å². The van der Waals surface area contributed by atoms with Gasteiger partial charge in [-0.3, -0.25) is 9.69 Å². The summed E-state index contributed by atoms with van der Waals surface area (Å²) in [5, 5.41) is 9.42. The zero-order valence-corrected chi connectivity index (χ0v) is 18.0. The number of rotatable bonds is 6. The minimum Gasteiger partial charge on any atom is -0.299 e. The molecule has 0 N–H and O–H groups in total. The van der Waals surface area contributed by atoms with Gasteiger partial charge in [-0.25, -0.2) is 16.8 Å². The SMILES string of the molecule is Cc1ccc(S(=O)(=O)n2c(C(=O)CC#N)cc3cc(CN4CCCC4)c(F)cc32)cc1. The highest BCUT2D eigenvalue weighted by atomic mass is 32.2. The van der Waals surface area contributed by atoms with Gasteiger partial charge in [0.1, 0.15) is 17.9 Å². The van der Waals surface area contributed by atoms with Crippen molar-refractivity contribution in [2.24, 2.45) is 0 Å². The second-order valence-corrected chi connectivity index (χ2v) is 9.64. The fourth-order valence-electron chi connectivity index (χ4n) is 3.99. The first-order chi connectivity index (χ1) is 14.8. The zero-order valence-electron chi connectivity index (χ0n) is 17.1. The van der Waals surface area contributed by atoms with Crippen molar-refractivity contribution in [3.05, 3.63) is 65.1 Å². The number of likely N-dealkylation sites (tertiary alicyclic amines) is 1. The van der Waals surface area contributed by atoms with E-state index in [1.54, 1.807) is 24.3 Å². The third-order valence-electron chi connectivity index (χ3n) is 5.60. The Morgan fingerprint density at radius 2 is 1.81 bits per heavy atom. The van der Waals surface area contributed by atoms with Gasteiger partial charge < -0.3 is 0 Å². The van der Waals surface area contributed by atoms with Crippen molar-refractivity contribution in [2.75, 3.05) is 13.1 Å². The molecule has 0 atom stereocenters. The van der Waals surface area contributed by atoms with Gasteiger partial charge in [0, 0.05) is 17.5 Å². The Morgan fingerprint density at radius 1 is 1.13 bits per heavy atom. The lowest BCUT2D eigenvalue weighted by molar-refractivity contribution is 0.0992. The lowest BCUT2D eigenvalue weighted by atomic mass is 10.1. The number of ketones is 1. The van der Waals surface area contributed by atoms with E-state index in [0.717, 1.165) is 35.5 Å². The van der Waals surface area contributed by atoms with Gasteiger partial charge in [-0.1, -0.05) is 17.7 Å². The third kappa shape index (κ3) is 3.99. The molecule has 1 fully saturated rings. The van der Waals surface area contributed by atoms with Gasteiger partial charge in [0.05, 0.1) is 16.5 Å². The monoisotopic (exact) mass is 439 g/mol. The van der Waals surface area contributed by atoms with E-state index in [9.17, 15) is 17.6 Å². The fourth-order valence-corrected chi connectivity index (χ4v) is 5.51.